The van der Waals surface area contributed by atoms with Crippen molar-refractivity contribution in [3.8, 4) is 0 Å². The van der Waals surface area contributed by atoms with Gasteiger partial charge in [-0.1, -0.05) is 41.2 Å². The number of nitrogens with one attached hydrogen (secondary N) is 1. The summed E-state index contributed by atoms with van der Waals surface area (Å²) in [6, 6.07) is 0. The number of rotatable bonds is 8. The Labute approximate surface area is 133 Å². The fourth-order valence-corrected chi connectivity index (χ4v) is 2.85. The van der Waals surface area contributed by atoms with Gasteiger partial charge in [0.1, 0.15) is 5.76 Å². The first-order valence-electron chi connectivity index (χ1n) is 6.58. The second-order valence-electron chi connectivity index (χ2n) is 4.72. The zero-order chi connectivity index (χ0) is 16.6. The molecule has 0 saturated heterocycles. The molecule has 1 amide bonds. The Morgan fingerprint density at radius 3 is 3.05 bits per heavy atom. The van der Waals surface area contributed by atoms with Crippen molar-refractivity contribution in [2.24, 2.45) is 5.11 Å². The van der Waals surface area contributed by atoms with Gasteiger partial charge in [-0.25, -0.2) is 0 Å². The molecule has 22 heavy (non-hydrogen) atoms. The second-order valence-corrected chi connectivity index (χ2v) is 6.18. The standard InChI is InChI=1S/C14H18N4O3S/c1-4-10(2)8-14(3)11(7-13(20)22-14)21-9-12(19)16-5-6-17-18-15/h4,7-8H,1,5-6,9H2,2-3H3,(H,16,19)/b10-8+/t14-/m1/s1. The Balaban J connectivity index is 2.60. The predicted octanol–water partition coefficient (Wildman–Crippen LogP) is 2.48. The van der Waals surface area contributed by atoms with Crippen LogP contribution in [0.25, 0.3) is 10.4 Å². The van der Waals surface area contributed by atoms with E-state index in [1.165, 1.54) is 6.08 Å². The van der Waals surface area contributed by atoms with Crippen LogP contribution in [0.5, 0.6) is 0 Å². The quantitative estimate of drug-likeness (QED) is 0.244. The van der Waals surface area contributed by atoms with Gasteiger partial charge < -0.3 is 10.1 Å². The molecule has 0 fully saturated rings. The summed E-state index contributed by atoms with van der Waals surface area (Å²) in [6.45, 7) is 7.62. The summed E-state index contributed by atoms with van der Waals surface area (Å²) in [5.41, 5.74) is 9.03. The van der Waals surface area contributed by atoms with Crippen molar-refractivity contribution < 1.29 is 14.3 Å². The van der Waals surface area contributed by atoms with Crippen molar-refractivity contribution in [3.05, 3.63) is 46.6 Å². The van der Waals surface area contributed by atoms with Gasteiger partial charge in [0.05, 0.1) is 4.75 Å². The monoisotopic (exact) mass is 322 g/mol. The zero-order valence-corrected chi connectivity index (χ0v) is 13.4. The van der Waals surface area contributed by atoms with E-state index in [1.54, 1.807) is 6.08 Å². The number of allylic oxidation sites excluding steroid dienone is 2. The maximum absolute atomic E-state index is 11.6. The van der Waals surface area contributed by atoms with E-state index >= 15 is 0 Å². The molecule has 1 rings (SSSR count). The fourth-order valence-electron chi connectivity index (χ4n) is 1.80. The molecule has 0 aromatic heterocycles. The van der Waals surface area contributed by atoms with Crippen LogP contribution in [-0.4, -0.2) is 35.5 Å². The van der Waals surface area contributed by atoms with Crippen LogP contribution in [0, 0.1) is 0 Å². The van der Waals surface area contributed by atoms with Gasteiger partial charge in [-0.05, 0) is 19.4 Å². The molecule has 0 spiro atoms. The van der Waals surface area contributed by atoms with Crippen LogP contribution in [0.4, 0.5) is 0 Å². The molecule has 8 heteroatoms. The largest absolute Gasteiger partial charge is 0.486 e. The molecule has 0 aromatic rings. The van der Waals surface area contributed by atoms with Crippen molar-refractivity contribution in [1.82, 2.24) is 5.32 Å². The summed E-state index contributed by atoms with van der Waals surface area (Å²) in [5.74, 6) is 0.0963. The number of thioether (sulfide) groups is 1. The number of nitrogens with zero attached hydrogens (tertiary/aromatic N) is 3. The van der Waals surface area contributed by atoms with Crippen molar-refractivity contribution in [3.63, 3.8) is 0 Å². The van der Waals surface area contributed by atoms with Gasteiger partial charge in [0, 0.05) is 24.1 Å². The number of carbonyl (C=O) groups is 2. The van der Waals surface area contributed by atoms with E-state index in [4.69, 9.17) is 10.3 Å². The molecule has 0 aromatic carbocycles. The topological polar surface area (TPSA) is 104 Å². The van der Waals surface area contributed by atoms with Crippen LogP contribution >= 0.6 is 11.8 Å². The minimum absolute atomic E-state index is 0.116. The molecule has 0 unspecified atom stereocenters. The smallest absolute Gasteiger partial charge is 0.257 e. The molecular weight excluding hydrogens is 304 g/mol. The zero-order valence-electron chi connectivity index (χ0n) is 12.5. The van der Waals surface area contributed by atoms with E-state index in [2.05, 4.69) is 21.9 Å². The summed E-state index contributed by atoms with van der Waals surface area (Å²) < 4.78 is 4.84. The van der Waals surface area contributed by atoms with Gasteiger partial charge in [0.25, 0.3) is 5.91 Å². The van der Waals surface area contributed by atoms with Crippen molar-refractivity contribution in [2.45, 2.75) is 18.6 Å². The molecule has 0 bridgehead atoms. The van der Waals surface area contributed by atoms with Gasteiger partial charge in [0.2, 0.25) is 5.12 Å². The van der Waals surface area contributed by atoms with E-state index in [0.717, 1.165) is 17.3 Å². The van der Waals surface area contributed by atoms with Gasteiger partial charge >= 0.3 is 0 Å². The number of ether oxygens (including phenoxy) is 1. The number of azide groups is 1. The van der Waals surface area contributed by atoms with Crippen LogP contribution in [0.2, 0.25) is 0 Å². The maximum atomic E-state index is 11.6. The van der Waals surface area contributed by atoms with Gasteiger partial charge in [-0.3, -0.25) is 9.59 Å². The van der Waals surface area contributed by atoms with Crippen LogP contribution in [-0.2, 0) is 14.3 Å². The first-order chi connectivity index (χ1) is 10.4. The SMILES string of the molecule is C=C/C(C)=C/[C@@]1(C)SC(=O)C=C1OCC(=O)NCCN=[N+]=[N-]. The molecule has 118 valence electrons. The van der Waals surface area contributed by atoms with Crippen molar-refractivity contribution in [2.75, 3.05) is 19.7 Å². The van der Waals surface area contributed by atoms with Crippen LogP contribution < -0.4 is 5.32 Å². The fraction of sp³-hybridized carbons (Fsp3) is 0.429. The minimum Gasteiger partial charge on any atom is -0.486 e. The third-order valence-corrected chi connectivity index (χ3v) is 3.89. The van der Waals surface area contributed by atoms with E-state index in [-0.39, 0.29) is 30.7 Å². The summed E-state index contributed by atoms with van der Waals surface area (Å²) >= 11 is 1.13. The molecule has 1 atom stereocenters. The Kier molecular flexibility index (Phi) is 6.75. The average molecular weight is 322 g/mol. The third-order valence-electron chi connectivity index (χ3n) is 2.83. The summed E-state index contributed by atoms with van der Waals surface area (Å²) in [5, 5.41) is 5.74. The van der Waals surface area contributed by atoms with E-state index in [1.807, 2.05) is 19.9 Å². The highest BCUT2D eigenvalue weighted by Crippen LogP contribution is 2.42. The van der Waals surface area contributed by atoms with E-state index in [9.17, 15) is 9.59 Å². The van der Waals surface area contributed by atoms with Crippen LogP contribution in [0.3, 0.4) is 0 Å². The number of carbonyl (C=O) groups excluding carboxylic acids is 2. The predicted molar refractivity (Wildman–Crippen MR) is 86.0 cm³/mol. The van der Waals surface area contributed by atoms with Gasteiger partial charge in [-0.15, -0.1) is 0 Å². The van der Waals surface area contributed by atoms with Gasteiger partial charge in [-0.2, -0.15) is 0 Å². The maximum Gasteiger partial charge on any atom is 0.257 e. The molecule has 1 aliphatic heterocycles. The highest BCUT2D eigenvalue weighted by atomic mass is 32.2. The molecule has 1 aliphatic rings. The number of amides is 1. The summed E-state index contributed by atoms with van der Waals surface area (Å²) in [6.07, 6.45) is 4.96. The molecular formula is C14H18N4O3S. The van der Waals surface area contributed by atoms with Crippen molar-refractivity contribution >= 4 is 22.8 Å². The first-order valence-corrected chi connectivity index (χ1v) is 7.40. The van der Waals surface area contributed by atoms with E-state index in [0.29, 0.717) is 5.76 Å². The lowest BCUT2D eigenvalue weighted by Crippen LogP contribution is -2.31. The normalized spacial score (nSPS) is 20.9. The Bertz CT molecular complexity index is 579. The lowest BCUT2D eigenvalue weighted by molar-refractivity contribution is -0.124. The van der Waals surface area contributed by atoms with Crippen molar-refractivity contribution in [1.29, 1.82) is 0 Å². The highest BCUT2D eigenvalue weighted by molar-refractivity contribution is 8.15. The molecule has 0 aliphatic carbocycles. The Hall–Kier alpha value is -2.18. The third kappa shape index (κ3) is 5.31. The van der Waals surface area contributed by atoms with E-state index < -0.39 is 4.75 Å². The number of hydrogen-bond acceptors (Lipinski definition) is 5. The van der Waals surface area contributed by atoms with Crippen LogP contribution in [0.15, 0.2) is 41.3 Å². The summed E-state index contributed by atoms with van der Waals surface area (Å²) in [4.78, 5) is 25.8. The van der Waals surface area contributed by atoms with Gasteiger partial charge in [0.15, 0.2) is 6.61 Å². The molecule has 1 N–H and O–H groups in total. The van der Waals surface area contributed by atoms with Crippen LogP contribution in [0.1, 0.15) is 13.8 Å². The second kappa shape index (κ2) is 8.31. The summed E-state index contributed by atoms with van der Waals surface area (Å²) in [7, 11) is 0. The first kappa shape index (κ1) is 17.9. The molecule has 0 radical (unpaired) electrons. The number of hydrogen-bond donors (Lipinski definition) is 1. The molecule has 1 heterocycles. The average Bonchev–Trinajstić information content (AvgIpc) is 2.75. The lowest BCUT2D eigenvalue weighted by Gasteiger charge is -2.23. The highest BCUT2D eigenvalue weighted by Gasteiger charge is 2.38. The lowest BCUT2D eigenvalue weighted by atomic mass is 10.0. The Morgan fingerprint density at radius 2 is 2.41 bits per heavy atom. The molecule has 7 nitrogen and oxygen atoms in total. The molecule has 0 saturated carbocycles. The Morgan fingerprint density at radius 1 is 1.68 bits per heavy atom. The minimum atomic E-state index is -0.638.